The van der Waals surface area contributed by atoms with Gasteiger partial charge in [-0.3, -0.25) is 5.11 Å². The van der Waals surface area contributed by atoms with E-state index in [9.17, 15) is 18.3 Å². The number of thioether (sulfide) groups is 1. The lowest BCUT2D eigenvalue weighted by Crippen LogP contribution is -2.03. The molecule has 0 aliphatic carbocycles. The summed E-state index contributed by atoms with van der Waals surface area (Å²) < 4.78 is 38.3. The Balaban J connectivity index is 1.80. The van der Waals surface area contributed by atoms with E-state index in [1.807, 2.05) is 31.2 Å². The monoisotopic (exact) mass is 429 g/mol. The number of aryl methyl sites for hydroxylation is 1. The van der Waals surface area contributed by atoms with Crippen LogP contribution in [0.25, 0.3) is 11.1 Å². The standard InChI is InChI=1S/C25H24F3OS/c1-3-4-5-24(30-22-14-15-23(29)17(2)16-22)20-8-6-18(7-9-20)19-10-12-21(13-11-19)25(26,27)28/h6-16,24H,3-5H2,1-2H3/t24-/m1/s1. The first-order valence-corrected chi connectivity index (χ1v) is 10.9. The molecule has 0 bridgehead atoms. The number of hydrogen-bond donors (Lipinski definition) is 0. The molecule has 1 atom stereocenters. The molecule has 0 heterocycles. The maximum atomic E-state index is 12.8. The van der Waals surface area contributed by atoms with Gasteiger partial charge in [0.1, 0.15) is 0 Å². The normalized spacial score (nSPS) is 12.7. The summed E-state index contributed by atoms with van der Waals surface area (Å²) in [7, 11) is 0. The van der Waals surface area contributed by atoms with Crippen LogP contribution in [0.1, 0.15) is 48.1 Å². The lowest BCUT2D eigenvalue weighted by molar-refractivity contribution is -0.137. The van der Waals surface area contributed by atoms with E-state index in [-0.39, 0.29) is 11.0 Å². The van der Waals surface area contributed by atoms with Gasteiger partial charge in [-0.1, -0.05) is 56.2 Å². The molecule has 5 heteroatoms. The van der Waals surface area contributed by atoms with Gasteiger partial charge in [0.15, 0.2) is 5.75 Å². The van der Waals surface area contributed by atoms with E-state index in [0.29, 0.717) is 0 Å². The number of alkyl halides is 3. The fraction of sp³-hybridized carbons (Fsp3) is 0.280. The van der Waals surface area contributed by atoms with E-state index in [1.54, 1.807) is 17.8 Å². The van der Waals surface area contributed by atoms with E-state index < -0.39 is 11.7 Å². The van der Waals surface area contributed by atoms with Gasteiger partial charge in [0.2, 0.25) is 0 Å². The predicted molar refractivity (Wildman–Crippen MR) is 116 cm³/mol. The second-order valence-corrected chi connectivity index (χ2v) is 8.65. The van der Waals surface area contributed by atoms with Gasteiger partial charge in [0.25, 0.3) is 0 Å². The molecule has 0 unspecified atom stereocenters. The van der Waals surface area contributed by atoms with Crippen LogP contribution in [0.4, 0.5) is 13.2 Å². The topological polar surface area (TPSA) is 19.9 Å². The molecule has 0 amide bonds. The number of hydrogen-bond acceptors (Lipinski definition) is 1. The maximum Gasteiger partial charge on any atom is 0.416 e. The molecule has 0 aromatic heterocycles. The van der Waals surface area contributed by atoms with E-state index in [0.717, 1.165) is 53.0 Å². The van der Waals surface area contributed by atoms with Crippen LogP contribution in [-0.2, 0) is 11.3 Å². The first kappa shape index (κ1) is 22.3. The molecule has 3 aromatic carbocycles. The lowest BCUT2D eigenvalue weighted by atomic mass is 10.00. The minimum atomic E-state index is -4.32. The zero-order chi connectivity index (χ0) is 21.7. The Labute approximate surface area is 180 Å². The summed E-state index contributed by atoms with van der Waals surface area (Å²) in [5, 5.41) is 11.9. The van der Waals surface area contributed by atoms with Gasteiger partial charge in [0, 0.05) is 10.1 Å². The Morgan fingerprint density at radius 2 is 1.50 bits per heavy atom. The van der Waals surface area contributed by atoms with Gasteiger partial charge in [-0.2, -0.15) is 13.2 Å². The summed E-state index contributed by atoms with van der Waals surface area (Å²) in [4.78, 5) is 1.07. The molecule has 0 aliphatic heterocycles. The average molecular weight is 430 g/mol. The Bertz CT molecular complexity index is 963. The molecular weight excluding hydrogens is 405 g/mol. The largest absolute Gasteiger partial charge is 0.416 e. The van der Waals surface area contributed by atoms with Gasteiger partial charge >= 0.3 is 6.18 Å². The highest BCUT2D eigenvalue weighted by Crippen LogP contribution is 2.40. The van der Waals surface area contributed by atoms with Crippen molar-refractivity contribution in [3.8, 4) is 16.9 Å². The summed E-state index contributed by atoms with van der Waals surface area (Å²) >= 11 is 1.75. The van der Waals surface area contributed by atoms with Crippen molar-refractivity contribution in [2.24, 2.45) is 0 Å². The zero-order valence-corrected chi connectivity index (χ0v) is 17.8. The number of halogens is 3. The van der Waals surface area contributed by atoms with E-state index in [2.05, 4.69) is 19.1 Å². The first-order chi connectivity index (χ1) is 14.3. The highest BCUT2D eigenvalue weighted by molar-refractivity contribution is 7.99. The molecule has 30 heavy (non-hydrogen) atoms. The SMILES string of the molecule is CCCC[C@@H](Sc1ccc([O])c(C)c1)c1ccc(-c2ccc(C(F)(F)F)cc2)cc1. The van der Waals surface area contributed by atoms with E-state index in [4.69, 9.17) is 0 Å². The van der Waals surface area contributed by atoms with Gasteiger partial charge < -0.3 is 0 Å². The van der Waals surface area contributed by atoms with Gasteiger partial charge in [0.05, 0.1) is 5.56 Å². The highest BCUT2D eigenvalue weighted by atomic mass is 32.2. The molecule has 1 radical (unpaired) electrons. The van der Waals surface area contributed by atoms with Gasteiger partial charge in [-0.25, -0.2) is 0 Å². The van der Waals surface area contributed by atoms with Crippen LogP contribution in [0.15, 0.2) is 71.6 Å². The molecule has 0 N–H and O–H groups in total. The summed E-state index contributed by atoms with van der Waals surface area (Å²) in [5.74, 6) is 0.0466. The van der Waals surface area contributed by atoms with Gasteiger partial charge in [-0.15, -0.1) is 11.8 Å². The predicted octanol–water partition coefficient (Wildman–Crippen LogP) is 8.85. The number of benzene rings is 3. The van der Waals surface area contributed by atoms with Crippen molar-refractivity contribution < 1.29 is 18.3 Å². The second kappa shape index (κ2) is 9.61. The van der Waals surface area contributed by atoms with Crippen molar-refractivity contribution in [2.75, 3.05) is 0 Å². The fourth-order valence-corrected chi connectivity index (χ4v) is 4.58. The summed E-state index contributed by atoms with van der Waals surface area (Å²) in [6.45, 7) is 3.98. The van der Waals surface area contributed by atoms with Crippen molar-refractivity contribution in [2.45, 2.75) is 49.4 Å². The molecule has 0 aliphatic rings. The van der Waals surface area contributed by atoms with E-state index in [1.165, 1.54) is 17.7 Å². The van der Waals surface area contributed by atoms with Gasteiger partial charge in [-0.05, 0) is 65.9 Å². The molecule has 0 saturated heterocycles. The van der Waals surface area contributed by atoms with Crippen LogP contribution < -0.4 is 0 Å². The van der Waals surface area contributed by atoms with Crippen molar-refractivity contribution in [1.29, 1.82) is 0 Å². The summed E-state index contributed by atoms with van der Waals surface area (Å²) in [5.41, 5.74) is 2.92. The number of unbranched alkanes of at least 4 members (excludes halogenated alkanes) is 1. The van der Waals surface area contributed by atoms with Crippen LogP contribution >= 0.6 is 11.8 Å². The van der Waals surface area contributed by atoms with Crippen LogP contribution in [-0.4, -0.2) is 0 Å². The minimum absolute atomic E-state index is 0.0466. The van der Waals surface area contributed by atoms with Crippen LogP contribution in [0.3, 0.4) is 0 Å². The van der Waals surface area contributed by atoms with Crippen molar-refractivity contribution >= 4 is 11.8 Å². The van der Waals surface area contributed by atoms with E-state index >= 15 is 0 Å². The number of rotatable bonds is 7. The Kier molecular flexibility index (Phi) is 7.14. The third kappa shape index (κ3) is 5.60. The average Bonchev–Trinajstić information content (AvgIpc) is 2.73. The van der Waals surface area contributed by atoms with Crippen LogP contribution in [0, 0.1) is 6.92 Å². The molecule has 1 nitrogen and oxygen atoms in total. The Morgan fingerprint density at radius 3 is 2.03 bits per heavy atom. The van der Waals surface area contributed by atoms with Crippen molar-refractivity contribution in [3.63, 3.8) is 0 Å². The van der Waals surface area contributed by atoms with Crippen LogP contribution in [0.2, 0.25) is 0 Å². The minimum Gasteiger partial charge on any atom is -0.290 e. The molecule has 3 aromatic rings. The fourth-order valence-electron chi connectivity index (χ4n) is 3.28. The van der Waals surface area contributed by atoms with Crippen molar-refractivity contribution in [1.82, 2.24) is 0 Å². The molecule has 157 valence electrons. The molecule has 0 fully saturated rings. The highest BCUT2D eigenvalue weighted by Gasteiger charge is 2.29. The first-order valence-electron chi connectivity index (χ1n) is 10.00. The van der Waals surface area contributed by atoms with Crippen molar-refractivity contribution in [3.05, 3.63) is 83.4 Å². The quantitative estimate of drug-likeness (QED) is 0.343. The third-order valence-electron chi connectivity index (χ3n) is 5.07. The Morgan fingerprint density at radius 1 is 0.900 bits per heavy atom. The molecule has 0 spiro atoms. The zero-order valence-electron chi connectivity index (χ0n) is 17.0. The maximum absolute atomic E-state index is 12.8. The summed E-state index contributed by atoms with van der Waals surface area (Å²) in [6, 6.07) is 18.7. The Hall–Kier alpha value is -2.40. The summed E-state index contributed by atoms with van der Waals surface area (Å²) in [6.07, 6.45) is -1.12. The lowest BCUT2D eigenvalue weighted by Gasteiger charge is -2.18. The third-order valence-corrected chi connectivity index (χ3v) is 6.39. The molecular formula is C25H24F3OS. The molecule has 3 rings (SSSR count). The second-order valence-electron chi connectivity index (χ2n) is 7.37. The smallest absolute Gasteiger partial charge is 0.290 e. The molecule has 0 saturated carbocycles. The van der Waals surface area contributed by atoms with Crippen LogP contribution in [0.5, 0.6) is 5.75 Å².